The van der Waals surface area contributed by atoms with Gasteiger partial charge >= 0.3 is 11.0 Å². The third-order valence-corrected chi connectivity index (χ3v) is 10.2. The Hall–Kier alpha value is -4.88. The van der Waals surface area contributed by atoms with Crippen molar-refractivity contribution in [2.24, 2.45) is 0 Å². The zero-order valence-electron chi connectivity index (χ0n) is 28.2. The number of phenols is 1. The summed E-state index contributed by atoms with van der Waals surface area (Å²) in [5.41, 5.74) is 5.37. The molecule has 0 spiro atoms. The molecular formula is C38H40ClN5O6S. The Morgan fingerprint density at radius 3 is 2.53 bits per heavy atom. The number of para-hydroxylation sites is 1. The highest BCUT2D eigenvalue weighted by atomic mass is 35.5. The van der Waals surface area contributed by atoms with Crippen molar-refractivity contribution in [2.45, 2.75) is 38.3 Å². The van der Waals surface area contributed by atoms with Gasteiger partial charge < -0.3 is 35.1 Å². The Kier molecular flexibility index (Phi) is 11.9. The predicted octanol–water partition coefficient (Wildman–Crippen LogP) is 7.00. The highest BCUT2D eigenvalue weighted by molar-refractivity contribution is 7.16. The van der Waals surface area contributed by atoms with Crippen molar-refractivity contribution in [3.8, 4) is 22.6 Å². The molecular weight excluding hydrogens is 690 g/mol. The van der Waals surface area contributed by atoms with Crippen LogP contribution in [0.15, 0.2) is 83.7 Å². The Morgan fingerprint density at radius 1 is 0.980 bits per heavy atom. The van der Waals surface area contributed by atoms with E-state index in [2.05, 4.69) is 25.8 Å². The van der Waals surface area contributed by atoms with Gasteiger partial charge in [-0.2, -0.15) is 0 Å². The van der Waals surface area contributed by atoms with E-state index in [9.17, 15) is 19.5 Å². The summed E-state index contributed by atoms with van der Waals surface area (Å²) in [5.74, 6) is 0.488. The lowest BCUT2D eigenvalue weighted by molar-refractivity contribution is -0.116. The lowest BCUT2D eigenvalue weighted by atomic mass is 10.0. The molecule has 51 heavy (non-hydrogen) atoms. The van der Waals surface area contributed by atoms with Crippen LogP contribution in [0.5, 0.6) is 11.5 Å². The van der Waals surface area contributed by atoms with Gasteiger partial charge in [-0.15, -0.1) is 0 Å². The number of nitrogens with one attached hydrogen (secondary N) is 4. The van der Waals surface area contributed by atoms with Gasteiger partial charge in [0.05, 0.1) is 28.2 Å². The molecule has 0 radical (unpaired) electrons. The number of fused-ring (bicyclic) bond motifs is 1. The number of thiazole rings is 1. The number of carbonyl (C=O) groups is 2. The van der Waals surface area contributed by atoms with Gasteiger partial charge in [-0.1, -0.05) is 77.5 Å². The number of amides is 2. The van der Waals surface area contributed by atoms with E-state index in [1.807, 2.05) is 60.7 Å². The normalized spacial score (nSPS) is 13.6. The summed E-state index contributed by atoms with van der Waals surface area (Å²) in [7, 11) is 1.57. The number of anilines is 2. The Labute approximate surface area is 304 Å². The number of hydrogen-bond acceptors (Lipinski definition) is 9. The van der Waals surface area contributed by atoms with Crippen molar-refractivity contribution < 1.29 is 24.2 Å². The first kappa shape index (κ1) is 35.9. The van der Waals surface area contributed by atoms with Crippen LogP contribution < -0.4 is 25.6 Å². The molecule has 11 nitrogen and oxygen atoms in total. The highest BCUT2D eigenvalue weighted by Crippen LogP contribution is 2.32. The quantitative estimate of drug-likeness (QED) is 0.0816. The number of ether oxygens (including phenoxy) is 2. The molecule has 5 N–H and O–H groups in total. The van der Waals surface area contributed by atoms with Crippen LogP contribution >= 0.6 is 22.9 Å². The van der Waals surface area contributed by atoms with Crippen LogP contribution in [-0.4, -0.2) is 66.4 Å². The molecule has 1 aliphatic heterocycles. The molecule has 2 amide bonds. The molecule has 5 aromatic rings. The summed E-state index contributed by atoms with van der Waals surface area (Å²) in [6.07, 6.45) is 1.62. The van der Waals surface area contributed by atoms with E-state index in [4.69, 9.17) is 21.1 Å². The smallest absolute Gasteiger partial charge is 0.411 e. The number of halogens is 1. The van der Waals surface area contributed by atoms with Gasteiger partial charge in [0, 0.05) is 49.8 Å². The predicted molar refractivity (Wildman–Crippen MR) is 202 cm³/mol. The van der Waals surface area contributed by atoms with Crippen LogP contribution in [0.1, 0.15) is 30.4 Å². The molecule has 13 heteroatoms. The number of rotatable bonds is 13. The molecule has 1 aliphatic rings. The van der Waals surface area contributed by atoms with E-state index in [1.165, 1.54) is 0 Å². The summed E-state index contributed by atoms with van der Waals surface area (Å²) in [6, 6.07) is 24.4. The lowest BCUT2D eigenvalue weighted by Gasteiger charge is -2.31. The van der Waals surface area contributed by atoms with E-state index < -0.39 is 6.09 Å². The minimum atomic E-state index is -0.474. The highest BCUT2D eigenvalue weighted by Gasteiger charge is 2.23. The van der Waals surface area contributed by atoms with Gasteiger partial charge in [-0.3, -0.25) is 14.9 Å². The van der Waals surface area contributed by atoms with Crippen LogP contribution in [0, 0.1) is 0 Å². The fourth-order valence-corrected chi connectivity index (χ4v) is 7.34. The van der Waals surface area contributed by atoms with E-state index in [1.54, 1.807) is 25.3 Å². The SMILES string of the molecule is COc1cc(NC(=O)CCN2CCC(OC(=O)Nc3ccccc3-c3ccccc3)CC2)c(Cl)cc1CNCCc1ccc(O)c2[nH]c(=O)sc12. The summed E-state index contributed by atoms with van der Waals surface area (Å²) >= 11 is 7.66. The summed E-state index contributed by atoms with van der Waals surface area (Å²) in [6.45, 7) is 3.09. The molecule has 0 unspecified atom stereocenters. The van der Waals surface area contributed by atoms with Gasteiger partial charge in [0.15, 0.2) is 0 Å². The fraction of sp³-hybridized carbons (Fsp3) is 0.289. The van der Waals surface area contributed by atoms with Crippen molar-refractivity contribution in [3.05, 3.63) is 105 Å². The zero-order chi connectivity index (χ0) is 35.7. The monoisotopic (exact) mass is 729 g/mol. The maximum absolute atomic E-state index is 12.9. The van der Waals surface area contributed by atoms with Crippen molar-refractivity contribution in [2.75, 3.05) is 43.9 Å². The van der Waals surface area contributed by atoms with Crippen LogP contribution in [0.2, 0.25) is 5.02 Å². The Bertz CT molecular complexity index is 2040. The summed E-state index contributed by atoms with van der Waals surface area (Å²) < 4.78 is 12.1. The van der Waals surface area contributed by atoms with Crippen molar-refractivity contribution in [3.63, 3.8) is 0 Å². The molecule has 0 atom stereocenters. The number of piperidine rings is 1. The average Bonchev–Trinajstić information content (AvgIpc) is 3.54. The maximum Gasteiger partial charge on any atom is 0.411 e. The van der Waals surface area contributed by atoms with Crippen molar-refractivity contribution >= 4 is 56.5 Å². The molecule has 1 aromatic heterocycles. The van der Waals surface area contributed by atoms with E-state index in [0.29, 0.717) is 79.6 Å². The number of likely N-dealkylation sites (tertiary alicyclic amines) is 1. The first-order valence-corrected chi connectivity index (χ1v) is 18.0. The van der Waals surface area contributed by atoms with Gasteiger partial charge in [0.25, 0.3) is 0 Å². The molecule has 4 aromatic carbocycles. The number of aromatic amines is 1. The minimum Gasteiger partial charge on any atom is -0.506 e. The minimum absolute atomic E-state index is 0.0574. The topological polar surface area (TPSA) is 145 Å². The number of H-pyrrole nitrogens is 1. The summed E-state index contributed by atoms with van der Waals surface area (Å²) in [4.78, 5) is 42.1. The second kappa shape index (κ2) is 16.9. The molecule has 1 fully saturated rings. The maximum atomic E-state index is 12.9. The number of carbonyl (C=O) groups excluding carboxylic acids is 2. The molecule has 0 bridgehead atoms. The second-order valence-corrected chi connectivity index (χ2v) is 13.7. The zero-order valence-corrected chi connectivity index (χ0v) is 29.7. The number of phenolic OH excluding ortho intramolecular Hbond substituents is 1. The number of aromatic hydroxyl groups is 1. The molecule has 1 saturated heterocycles. The summed E-state index contributed by atoms with van der Waals surface area (Å²) in [5, 5.41) is 19.6. The Morgan fingerprint density at radius 2 is 1.75 bits per heavy atom. The first-order valence-electron chi connectivity index (χ1n) is 16.8. The van der Waals surface area contributed by atoms with Crippen molar-refractivity contribution in [1.29, 1.82) is 0 Å². The van der Waals surface area contributed by atoms with Crippen LogP contribution in [0.25, 0.3) is 21.3 Å². The van der Waals surface area contributed by atoms with Gasteiger partial charge in [-0.25, -0.2) is 4.79 Å². The van der Waals surface area contributed by atoms with Crippen LogP contribution in [-0.2, 0) is 22.5 Å². The first-order chi connectivity index (χ1) is 24.8. The standard InChI is InChI=1S/C38H40ClN5O6S/c1-49-33-22-31(29(39)21-26(33)23-40-17-13-25-11-12-32(45)35-36(25)51-38(48)43-35)41-34(46)16-20-44-18-14-27(15-19-44)50-37(47)42-30-10-6-5-9-28(30)24-7-3-2-4-8-24/h2-12,21-22,27,40,45H,13-20,23H2,1H3,(H,41,46)(H,42,47)(H,43,48). The Balaban J connectivity index is 0.927. The van der Waals surface area contributed by atoms with Gasteiger partial charge in [-0.05, 0) is 55.1 Å². The molecule has 2 heterocycles. The number of aromatic nitrogens is 1. The molecule has 6 rings (SSSR count). The largest absolute Gasteiger partial charge is 0.506 e. The molecule has 0 aliphatic carbocycles. The third-order valence-electron chi connectivity index (χ3n) is 8.88. The van der Waals surface area contributed by atoms with Crippen LogP contribution in [0.3, 0.4) is 0 Å². The van der Waals surface area contributed by atoms with Crippen LogP contribution in [0.4, 0.5) is 16.2 Å². The molecule has 266 valence electrons. The molecule has 0 saturated carbocycles. The number of methoxy groups -OCH3 is 1. The van der Waals surface area contributed by atoms with E-state index >= 15 is 0 Å². The lowest BCUT2D eigenvalue weighted by Crippen LogP contribution is -2.39. The number of nitrogens with zero attached hydrogens (tertiary/aromatic N) is 1. The van der Waals surface area contributed by atoms with Gasteiger partial charge in [0.2, 0.25) is 5.91 Å². The van der Waals surface area contributed by atoms with Crippen molar-refractivity contribution in [1.82, 2.24) is 15.2 Å². The second-order valence-electron chi connectivity index (χ2n) is 12.3. The third kappa shape index (κ3) is 9.27. The average molecular weight is 730 g/mol. The van der Waals surface area contributed by atoms with E-state index in [-0.39, 0.29) is 29.1 Å². The fourth-order valence-electron chi connectivity index (χ4n) is 6.21. The number of hydrogen-bond donors (Lipinski definition) is 5. The van der Waals surface area contributed by atoms with Gasteiger partial charge in [0.1, 0.15) is 23.1 Å². The number of benzene rings is 4. The van der Waals surface area contributed by atoms with E-state index in [0.717, 1.165) is 38.3 Å².